The summed E-state index contributed by atoms with van der Waals surface area (Å²) < 4.78 is 1.55. The monoisotopic (exact) mass is 510 g/mol. The molecule has 34 heavy (non-hydrogen) atoms. The maximum Gasteiger partial charge on any atom is 0.266 e. The van der Waals surface area contributed by atoms with Gasteiger partial charge in [0.2, 0.25) is 0 Å². The standard InChI is InChI=1S/C25H20Cl2N4O2S/c1-15-7-3-6-10-22(15)31-24(33)19-8-4-5-9-21(19)28-25(31)34-14-23(32)30-29-16(2)18-12-11-17(26)13-20(18)27/h3-13H,14H2,1-2H3,(H,30,32)/b29-16-. The number of nitrogens with zero attached hydrogens (tertiary/aromatic N) is 3. The van der Waals surface area contributed by atoms with Gasteiger partial charge >= 0.3 is 0 Å². The molecule has 0 aliphatic carbocycles. The number of benzene rings is 3. The molecular formula is C25H20Cl2N4O2S. The van der Waals surface area contributed by atoms with E-state index in [4.69, 9.17) is 23.2 Å². The minimum absolute atomic E-state index is 0.0157. The average Bonchev–Trinajstić information content (AvgIpc) is 2.82. The molecule has 0 spiro atoms. The number of amides is 1. The Labute approximate surface area is 210 Å². The number of carbonyl (C=O) groups is 1. The first-order valence-electron chi connectivity index (χ1n) is 10.3. The predicted molar refractivity (Wildman–Crippen MR) is 140 cm³/mol. The normalized spacial score (nSPS) is 11.6. The van der Waals surface area contributed by atoms with Crippen LogP contribution < -0.4 is 11.0 Å². The number of para-hydroxylation sites is 2. The molecule has 3 aromatic carbocycles. The average molecular weight is 511 g/mol. The lowest BCUT2D eigenvalue weighted by molar-refractivity contribution is -0.118. The van der Waals surface area contributed by atoms with Crippen LogP contribution in [-0.4, -0.2) is 26.9 Å². The second-order valence-electron chi connectivity index (χ2n) is 7.48. The van der Waals surface area contributed by atoms with E-state index in [1.54, 1.807) is 47.9 Å². The largest absolute Gasteiger partial charge is 0.272 e. The molecule has 0 saturated carbocycles. The molecule has 1 aromatic heterocycles. The van der Waals surface area contributed by atoms with Crippen LogP contribution in [-0.2, 0) is 4.79 Å². The van der Waals surface area contributed by atoms with Crippen molar-refractivity contribution in [3.63, 3.8) is 0 Å². The highest BCUT2D eigenvalue weighted by molar-refractivity contribution is 7.99. The van der Waals surface area contributed by atoms with Gasteiger partial charge in [0.05, 0.1) is 33.1 Å². The van der Waals surface area contributed by atoms with Crippen LogP contribution in [0.15, 0.2) is 81.8 Å². The Balaban J connectivity index is 1.59. The molecule has 0 radical (unpaired) electrons. The SMILES string of the molecule is C/C(=N/NC(=O)CSc1nc2ccccc2c(=O)n1-c1ccccc1C)c1ccc(Cl)cc1Cl. The fourth-order valence-electron chi connectivity index (χ4n) is 3.39. The number of hydrazone groups is 1. The summed E-state index contributed by atoms with van der Waals surface area (Å²) in [6.45, 7) is 3.67. The summed E-state index contributed by atoms with van der Waals surface area (Å²) in [6.07, 6.45) is 0. The van der Waals surface area contributed by atoms with Gasteiger partial charge in [0.25, 0.3) is 11.5 Å². The number of halogens is 2. The third-order valence-corrected chi connectivity index (χ3v) is 6.59. The van der Waals surface area contributed by atoms with Crippen molar-refractivity contribution in [1.29, 1.82) is 0 Å². The Morgan fingerprint density at radius 3 is 2.59 bits per heavy atom. The fraction of sp³-hybridized carbons (Fsp3) is 0.120. The summed E-state index contributed by atoms with van der Waals surface area (Å²) >= 11 is 13.3. The van der Waals surface area contributed by atoms with Gasteiger partial charge in [-0.3, -0.25) is 14.2 Å². The van der Waals surface area contributed by atoms with E-state index in [0.717, 1.165) is 11.3 Å². The first-order chi connectivity index (χ1) is 16.3. The molecule has 0 fully saturated rings. The van der Waals surface area contributed by atoms with Crippen LogP contribution in [0.25, 0.3) is 16.6 Å². The number of hydrogen-bond donors (Lipinski definition) is 1. The summed E-state index contributed by atoms with van der Waals surface area (Å²) in [6, 6.07) is 19.8. The maximum atomic E-state index is 13.3. The van der Waals surface area contributed by atoms with Crippen LogP contribution in [0.3, 0.4) is 0 Å². The first kappa shape index (κ1) is 24.0. The molecule has 1 heterocycles. The molecule has 4 rings (SSSR count). The number of aromatic nitrogens is 2. The summed E-state index contributed by atoms with van der Waals surface area (Å²) in [5.41, 5.74) is 5.78. The van der Waals surface area contributed by atoms with Gasteiger partial charge in [-0.15, -0.1) is 0 Å². The topological polar surface area (TPSA) is 76.3 Å². The molecule has 4 aromatic rings. The Kier molecular flexibility index (Phi) is 7.36. The zero-order valence-electron chi connectivity index (χ0n) is 18.4. The third kappa shape index (κ3) is 5.17. The summed E-state index contributed by atoms with van der Waals surface area (Å²) in [7, 11) is 0. The quantitative estimate of drug-likeness (QED) is 0.158. The Morgan fingerprint density at radius 2 is 1.82 bits per heavy atom. The van der Waals surface area contributed by atoms with Crippen molar-refractivity contribution in [2.24, 2.45) is 5.10 Å². The van der Waals surface area contributed by atoms with Gasteiger partial charge in [0.15, 0.2) is 5.16 Å². The molecule has 0 atom stereocenters. The molecule has 0 aliphatic heterocycles. The molecule has 1 amide bonds. The van der Waals surface area contributed by atoms with Gasteiger partial charge < -0.3 is 0 Å². The molecule has 6 nitrogen and oxygen atoms in total. The Bertz CT molecular complexity index is 1480. The first-order valence-corrected chi connectivity index (χ1v) is 12.1. The van der Waals surface area contributed by atoms with Gasteiger partial charge in [-0.2, -0.15) is 5.10 Å². The van der Waals surface area contributed by atoms with Crippen molar-refractivity contribution in [1.82, 2.24) is 15.0 Å². The van der Waals surface area contributed by atoms with Crippen LogP contribution in [0.5, 0.6) is 0 Å². The molecule has 1 N–H and O–H groups in total. The summed E-state index contributed by atoms with van der Waals surface area (Å²) in [5.74, 6) is -0.324. The van der Waals surface area contributed by atoms with E-state index in [0.29, 0.717) is 37.4 Å². The second-order valence-corrected chi connectivity index (χ2v) is 9.27. The van der Waals surface area contributed by atoms with Crippen molar-refractivity contribution in [2.45, 2.75) is 19.0 Å². The Hall–Kier alpha value is -3.13. The van der Waals surface area contributed by atoms with Crippen LogP contribution in [0.2, 0.25) is 10.0 Å². The van der Waals surface area contributed by atoms with Gasteiger partial charge in [-0.1, -0.05) is 71.4 Å². The van der Waals surface area contributed by atoms with Crippen LogP contribution >= 0.6 is 35.0 Å². The lowest BCUT2D eigenvalue weighted by atomic mass is 10.1. The number of aryl methyl sites for hydroxylation is 1. The number of rotatable bonds is 6. The van der Waals surface area contributed by atoms with Crippen molar-refractivity contribution in [3.05, 3.63) is 98.3 Å². The fourth-order valence-corrected chi connectivity index (χ4v) is 4.73. The lowest BCUT2D eigenvalue weighted by Gasteiger charge is -2.14. The van der Waals surface area contributed by atoms with Gasteiger partial charge in [-0.25, -0.2) is 10.4 Å². The zero-order chi connectivity index (χ0) is 24.2. The summed E-state index contributed by atoms with van der Waals surface area (Å²) in [4.78, 5) is 30.6. The van der Waals surface area contributed by atoms with Crippen molar-refractivity contribution >= 4 is 57.5 Å². The minimum Gasteiger partial charge on any atom is -0.272 e. The molecule has 9 heteroatoms. The Morgan fingerprint density at radius 1 is 1.09 bits per heavy atom. The number of fused-ring (bicyclic) bond motifs is 1. The highest BCUT2D eigenvalue weighted by Gasteiger charge is 2.16. The van der Waals surface area contributed by atoms with E-state index in [-0.39, 0.29) is 17.2 Å². The smallest absolute Gasteiger partial charge is 0.266 e. The number of thioether (sulfide) groups is 1. The molecule has 0 unspecified atom stereocenters. The molecule has 0 aliphatic rings. The van der Waals surface area contributed by atoms with E-state index in [1.807, 2.05) is 37.3 Å². The number of nitrogens with one attached hydrogen (secondary N) is 1. The second kappa shape index (κ2) is 10.4. The van der Waals surface area contributed by atoms with Gasteiger partial charge in [0.1, 0.15) is 0 Å². The van der Waals surface area contributed by atoms with Crippen LogP contribution in [0.4, 0.5) is 0 Å². The van der Waals surface area contributed by atoms with E-state index >= 15 is 0 Å². The van der Waals surface area contributed by atoms with Crippen molar-refractivity contribution in [2.75, 3.05) is 5.75 Å². The molecule has 0 saturated heterocycles. The van der Waals surface area contributed by atoms with E-state index in [1.165, 1.54) is 11.8 Å². The van der Waals surface area contributed by atoms with E-state index in [9.17, 15) is 9.59 Å². The van der Waals surface area contributed by atoms with Crippen LogP contribution in [0, 0.1) is 6.92 Å². The lowest BCUT2D eigenvalue weighted by Crippen LogP contribution is -2.25. The molecule has 0 bridgehead atoms. The minimum atomic E-state index is -0.340. The van der Waals surface area contributed by atoms with Gasteiger partial charge in [-0.05, 0) is 49.7 Å². The number of carbonyl (C=O) groups excluding carboxylic acids is 1. The highest BCUT2D eigenvalue weighted by atomic mass is 35.5. The van der Waals surface area contributed by atoms with Crippen LogP contribution in [0.1, 0.15) is 18.1 Å². The summed E-state index contributed by atoms with van der Waals surface area (Å²) in [5, 5.41) is 6.05. The number of hydrogen-bond acceptors (Lipinski definition) is 5. The van der Waals surface area contributed by atoms with E-state index < -0.39 is 0 Å². The predicted octanol–water partition coefficient (Wildman–Crippen LogP) is 5.63. The van der Waals surface area contributed by atoms with Crippen molar-refractivity contribution < 1.29 is 4.79 Å². The maximum absolute atomic E-state index is 13.3. The van der Waals surface area contributed by atoms with Gasteiger partial charge in [0, 0.05) is 10.6 Å². The molecular weight excluding hydrogens is 491 g/mol. The van der Waals surface area contributed by atoms with E-state index in [2.05, 4.69) is 15.5 Å². The highest BCUT2D eigenvalue weighted by Crippen LogP contribution is 2.23. The third-order valence-electron chi connectivity index (χ3n) is 5.10. The molecule has 172 valence electrons. The van der Waals surface area contributed by atoms with Crippen molar-refractivity contribution in [3.8, 4) is 5.69 Å². The zero-order valence-corrected chi connectivity index (χ0v) is 20.7.